The standard InChI is InChI=1S/C19H33BNS/c1-13(2)19-10-6-5-7-17-15(11-16(12-19)20-19)8-9-18(22)21(17)14(3)4/h13-17H,5-12H2,1-4H3. The lowest BCUT2D eigenvalue weighted by Crippen LogP contribution is -2.52. The van der Waals surface area contributed by atoms with E-state index >= 15 is 0 Å². The second kappa shape index (κ2) is 6.45. The highest BCUT2D eigenvalue weighted by Crippen LogP contribution is 2.60. The molecule has 3 heteroatoms. The van der Waals surface area contributed by atoms with Gasteiger partial charge in [0, 0.05) is 12.1 Å². The molecule has 3 heterocycles. The van der Waals surface area contributed by atoms with E-state index in [4.69, 9.17) is 12.2 Å². The number of likely N-dealkylation sites (tertiary alicyclic amines) is 1. The average Bonchev–Trinajstić information content (AvgIpc) is 2.42. The molecule has 4 unspecified atom stereocenters. The average molecular weight is 318 g/mol. The monoisotopic (exact) mass is 318 g/mol. The van der Waals surface area contributed by atoms with E-state index in [1.807, 2.05) is 0 Å². The quantitative estimate of drug-likeness (QED) is 0.490. The first-order valence-electron chi connectivity index (χ1n) is 9.60. The van der Waals surface area contributed by atoms with Gasteiger partial charge in [0.1, 0.15) is 7.28 Å². The second-order valence-corrected chi connectivity index (χ2v) is 9.23. The third-order valence-electron chi connectivity index (χ3n) is 6.83. The molecule has 0 aromatic heterocycles. The molecule has 3 aliphatic heterocycles. The number of fused-ring (bicyclic) bond motifs is 3. The summed E-state index contributed by atoms with van der Waals surface area (Å²) in [5, 5.41) is 0.583. The van der Waals surface area contributed by atoms with Gasteiger partial charge < -0.3 is 4.90 Å². The smallest absolute Gasteiger partial charge is 0.122 e. The molecule has 1 nitrogen and oxygen atoms in total. The van der Waals surface area contributed by atoms with Crippen molar-refractivity contribution in [2.24, 2.45) is 11.8 Å². The van der Waals surface area contributed by atoms with Crippen molar-refractivity contribution in [3.05, 3.63) is 0 Å². The van der Waals surface area contributed by atoms with Crippen LogP contribution in [0.2, 0.25) is 11.1 Å². The lowest BCUT2D eigenvalue weighted by Gasteiger charge is -2.55. The molecule has 0 N–H and O–H groups in total. The molecule has 4 aliphatic rings. The van der Waals surface area contributed by atoms with Gasteiger partial charge in [-0.05, 0) is 44.9 Å². The summed E-state index contributed by atoms with van der Waals surface area (Å²) in [6.07, 6.45) is 10.9. The molecule has 2 bridgehead atoms. The van der Waals surface area contributed by atoms with Crippen LogP contribution in [0, 0.1) is 11.8 Å². The molecule has 0 aromatic carbocycles. The van der Waals surface area contributed by atoms with Gasteiger partial charge in [0.2, 0.25) is 0 Å². The van der Waals surface area contributed by atoms with E-state index in [1.54, 1.807) is 0 Å². The summed E-state index contributed by atoms with van der Waals surface area (Å²) in [4.78, 5) is 3.85. The maximum absolute atomic E-state index is 5.72. The van der Waals surface area contributed by atoms with Crippen molar-refractivity contribution in [1.82, 2.24) is 4.90 Å². The molecule has 4 rings (SSSR count). The summed E-state index contributed by atoms with van der Waals surface area (Å²) in [7, 11) is 2.76. The van der Waals surface area contributed by atoms with E-state index < -0.39 is 0 Å². The van der Waals surface area contributed by atoms with Gasteiger partial charge in [-0.1, -0.05) is 69.3 Å². The Bertz CT molecular complexity index is 414. The molecule has 1 aliphatic carbocycles. The summed E-state index contributed by atoms with van der Waals surface area (Å²) in [6, 6.07) is 1.30. The number of thiocarbonyl (C=S) groups is 1. The van der Waals surface area contributed by atoms with Crippen LogP contribution in [0.1, 0.15) is 79.1 Å². The van der Waals surface area contributed by atoms with Crippen LogP contribution in [-0.4, -0.2) is 29.3 Å². The summed E-state index contributed by atoms with van der Waals surface area (Å²) >= 11 is 5.72. The van der Waals surface area contributed by atoms with Crippen molar-refractivity contribution >= 4 is 24.5 Å². The Balaban J connectivity index is 1.74. The van der Waals surface area contributed by atoms with Crippen molar-refractivity contribution in [2.45, 2.75) is 102 Å². The number of hydrogen-bond donors (Lipinski definition) is 0. The van der Waals surface area contributed by atoms with Crippen LogP contribution in [0.5, 0.6) is 0 Å². The number of rotatable bonds is 2. The molecule has 0 amide bonds. The zero-order chi connectivity index (χ0) is 15.9. The lowest BCUT2D eigenvalue weighted by molar-refractivity contribution is 0.126. The number of hydrogen-bond acceptors (Lipinski definition) is 1. The Hall–Kier alpha value is -0.0451. The second-order valence-electron chi connectivity index (χ2n) is 8.76. The van der Waals surface area contributed by atoms with Crippen LogP contribution in [0.4, 0.5) is 0 Å². The molecule has 4 fully saturated rings. The molecule has 0 aromatic rings. The van der Waals surface area contributed by atoms with E-state index in [2.05, 4.69) is 39.9 Å². The molecule has 22 heavy (non-hydrogen) atoms. The van der Waals surface area contributed by atoms with Gasteiger partial charge in [-0.25, -0.2) is 0 Å². The first-order valence-corrected chi connectivity index (χ1v) is 10.0. The Morgan fingerprint density at radius 3 is 2.55 bits per heavy atom. The fourth-order valence-electron chi connectivity index (χ4n) is 5.54. The zero-order valence-corrected chi connectivity index (χ0v) is 15.8. The van der Waals surface area contributed by atoms with Crippen molar-refractivity contribution in [1.29, 1.82) is 0 Å². The fraction of sp³-hybridized carbons (Fsp3) is 0.947. The Morgan fingerprint density at radius 2 is 1.91 bits per heavy atom. The van der Waals surface area contributed by atoms with Crippen LogP contribution in [0.3, 0.4) is 0 Å². The number of piperidine rings is 1. The SMILES string of the molecule is CC(C)N1C(=S)CCC2CC3[B]C(C(C)C)(CCCCC21)C3. The van der Waals surface area contributed by atoms with Gasteiger partial charge in [0.25, 0.3) is 0 Å². The molecule has 3 saturated heterocycles. The highest BCUT2D eigenvalue weighted by molar-refractivity contribution is 7.80. The summed E-state index contributed by atoms with van der Waals surface area (Å²) in [5.74, 6) is 2.58. The molecule has 4 atom stereocenters. The first kappa shape index (κ1) is 16.8. The van der Waals surface area contributed by atoms with Gasteiger partial charge in [0.15, 0.2) is 0 Å². The maximum atomic E-state index is 5.72. The van der Waals surface area contributed by atoms with Crippen molar-refractivity contribution in [3.63, 3.8) is 0 Å². The maximum Gasteiger partial charge on any atom is 0.122 e. The van der Waals surface area contributed by atoms with E-state index in [0.717, 1.165) is 30.1 Å². The predicted molar refractivity (Wildman–Crippen MR) is 101 cm³/mol. The fourth-order valence-corrected chi connectivity index (χ4v) is 6.00. The zero-order valence-electron chi connectivity index (χ0n) is 15.0. The van der Waals surface area contributed by atoms with Crippen LogP contribution in [0.25, 0.3) is 0 Å². The largest absolute Gasteiger partial charge is 0.360 e. The molecular formula is C19H33BNS. The highest BCUT2D eigenvalue weighted by Gasteiger charge is 2.48. The van der Waals surface area contributed by atoms with Gasteiger partial charge in [-0.15, -0.1) is 0 Å². The topological polar surface area (TPSA) is 3.24 Å². The molecule has 123 valence electrons. The van der Waals surface area contributed by atoms with E-state index in [-0.39, 0.29) is 0 Å². The third kappa shape index (κ3) is 2.99. The summed E-state index contributed by atoms with van der Waals surface area (Å²) < 4.78 is 0. The molecule has 1 saturated carbocycles. The normalized spacial score (nSPS) is 39.3. The molecular weight excluding hydrogens is 285 g/mol. The Labute approximate surface area is 143 Å². The number of nitrogens with zero attached hydrogens (tertiary/aromatic N) is 1. The minimum atomic E-state index is 0.573. The summed E-state index contributed by atoms with van der Waals surface area (Å²) in [6.45, 7) is 9.52. The van der Waals surface area contributed by atoms with Gasteiger partial charge in [-0.2, -0.15) is 0 Å². The van der Waals surface area contributed by atoms with Crippen LogP contribution in [0.15, 0.2) is 0 Å². The lowest BCUT2D eigenvalue weighted by atomic mass is 9.27. The van der Waals surface area contributed by atoms with Crippen LogP contribution < -0.4 is 0 Å². The van der Waals surface area contributed by atoms with Crippen molar-refractivity contribution in [2.75, 3.05) is 0 Å². The minimum absolute atomic E-state index is 0.573. The summed E-state index contributed by atoms with van der Waals surface area (Å²) in [5.41, 5.74) is 0. The van der Waals surface area contributed by atoms with E-state index in [0.29, 0.717) is 11.4 Å². The predicted octanol–water partition coefficient (Wildman–Crippen LogP) is 5.48. The Morgan fingerprint density at radius 1 is 1.18 bits per heavy atom. The Kier molecular flexibility index (Phi) is 4.93. The van der Waals surface area contributed by atoms with Crippen molar-refractivity contribution < 1.29 is 0 Å². The molecule has 1 radical (unpaired) electrons. The van der Waals surface area contributed by atoms with E-state index in [9.17, 15) is 0 Å². The molecule has 0 spiro atoms. The van der Waals surface area contributed by atoms with Crippen molar-refractivity contribution in [3.8, 4) is 0 Å². The van der Waals surface area contributed by atoms with Gasteiger partial charge >= 0.3 is 0 Å². The van der Waals surface area contributed by atoms with Gasteiger partial charge in [-0.3, -0.25) is 0 Å². The first-order chi connectivity index (χ1) is 10.4. The minimum Gasteiger partial charge on any atom is -0.360 e. The van der Waals surface area contributed by atoms with E-state index in [1.165, 1.54) is 49.9 Å². The highest BCUT2D eigenvalue weighted by atomic mass is 32.1. The van der Waals surface area contributed by atoms with Crippen LogP contribution in [-0.2, 0) is 0 Å². The van der Waals surface area contributed by atoms with Gasteiger partial charge in [0.05, 0.1) is 4.99 Å². The third-order valence-corrected chi connectivity index (χ3v) is 7.25. The van der Waals surface area contributed by atoms with Crippen LogP contribution >= 0.6 is 12.2 Å².